The third kappa shape index (κ3) is 9.53. The SMILES string of the molecule is CCCCCCCN(Cc1ccc(C(O)CCCCC)cc1)S(=O)(=O)CCC. The van der Waals surface area contributed by atoms with Gasteiger partial charge in [-0.3, -0.25) is 0 Å². The molecule has 0 radical (unpaired) electrons. The highest BCUT2D eigenvalue weighted by atomic mass is 32.2. The molecule has 0 aromatic heterocycles. The number of benzene rings is 1. The third-order valence-electron chi connectivity index (χ3n) is 5.17. The molecule has 1 atom stereocenters. The molecular formula is C23H41NO3S. The zero-order chi connectivity index (χ0) is 20.8. The van der Waals surface area contributed by atoms with Crippen LogP contribution >= 0.6 is 0 Å². The lowest BCUT2D eigenvalue weighted by molar-refractivity contribution is 0.163. The maximum Gasteiger partial charge on any atom is 0.214 e. The van der Waals surface area contributed by atoms with Crippen molar-refractivity contribution in [1.29, 1.82) is 0 Å². The van der Waals surface area contributed by atoms with Crippen molar-refractivity contribution >= 4 is 10.0 Å². The standard InChI is InChI=1S/C23H41NO3S/c1-4-7-9-10-12-18-24(28(26,27)19-6-3)20-21-14-16-22(17-15-21)23(25)13-11-8-5-2/h14-17,23,25H,4-13,18-20H2,1-3H3. The van der Waals surface area contributed by atoms with E-state index in [1.807, 2.05) is 31.2 Å². The van der Waals surface area contributed by atoms with Crippen LogP contribution in [0.15, 0.2) is 24.3 Å². The predicted molar refractivity (Wildman–Crippen MR) is 119 cm³/mol. The summed E-state index contributed by atoms with van der Waals surface area (Å²) < 4.78 is 27.0. The molecule has 1 N–H and O–H groups in total. The van der Waals surface area contributed by atoms with Gasteiger partial charge >= 0.3 is 0 Å². The molecular weight excluding hydrogens is 370 g/mol. The Morgan fingerprint density at radius 2 is 1.46 bits per heavy atom. The number of rotatable bonds is 16. The van der Waals surface area contributed by atoms with Gasteiger partial charge in [0, 0.05) is 13.1 Å². The van der Waals surface area contributed by atoms with Crippen molar-refractivity contribution in [1.82, 2.24) is 4.31 Å². The average molecular weight is 412 g/mol. The maximum absolute atomic E-state index is 12.7. The lowest BCUT2D eigenvalue weighted by atomic mass is 10.0. The molecule has 0 aliphatic carbocycles. The van der Waals surface area contributed by atoms with Crippen LogP contribution in [0.25, 0.3) is 0 Å². The summed E-state index contributed by atoms with van der Waals surface area (Å²) in [5.74, 6) is 0.205. The molecule has 0 aliphatic rings. The van der Waals surface area contributed by atoms with E-state index in [4.69, 9.17) is 0 Å². The fourth-order valence-electron chi connectivity index (χ4n) is 3.40. The summed E-state index contributed by atoms with van der Waals surface area (Å²) in [5, 5.41) is 10.3. The van der Waals surface area contributed by atoms with Crippen molar-refractivity contribution in [2.24, 2.45) is 0 Å². The van der Waals surface area contributed by atoms with Gasteiger partial charge in [0.25, 0.3) is 0 Å². The summed E-state index contributed by atoms with van der Waals surface area (Å²) in [4.78, 5) is 0. The minimum Gasteiger partial charge on any atom is -0.388 e. The normalized spacial score (nSPS) is 13.2. The lowest BCUT2D eigenvalue weighted by Crippen LogP contribution is -2.33. The molecule has 0 aliphatic heterocycles. The molecule has 162 valence electrons. The lowest BCUT2D eigenvalue weighted by Gasteiger charge is -2.22. The number of aliphatic hydroxyl groups is 1. The van der Waals surface area contributed by atoms with E-state index < -0.39 is 16.1 Å². The smallest absolute Gasteiger partial charge is 0.214 e. The third-order valence-corrected chi connectivity index (χ3v) is 7.19. The molecule has 0 saturated heterocycles. The number of hydrogen-bond acceptors (Lipinski definition) is 3. The minimum absolute atomic E-state index is 0.205. The van der Waals surface area contributed by atoms with Crippen molar-refractivity contribution in [3.8, 4) is 0 Å². The van der Waals surface area contributed by atoms with Crippen molar-refractivity contribution in [3.63, 3.8) is 0 Å². The Hall–Kier alpha value is -0.910. The monoisotopic (exact) mass is 411 g/mol. The molecule has 5 heteroatoms. The van der Waals surface area contributed by atoms with Crippen molar-refractivity contribution in [3.05, 3.63) is 35.4 Å². The Kier molecular flexibility index (Phi) is 12.7. The molecule has 0 saturated carbocycles. The first-order chi connectivity index (χ1) is 13.4. The highest BCUT2D eigenvalue weighted by Crippen LogP contribution is 2.21. The summed E-state index contributed by atoms with van der Waals surface area (Å²) in [6, 6.07) is 7.81. The van der Waals surface area contributed by atoms with E-state index in [0.717, 1.165) is 49.7 Å². The summed E-state index contributed by atoms with van der Waals surface area (Å²) in [6.07, 6.45) is 9.86. The van der Waals surface area contributed by atoms with Crippen LogP contribution in [0.3, 0.4) is 0 Å². The Morgan fingerprint density at radius 1 is 0.857 bits per heavy atom. The van der Waals surface area contributed by atoms with E-state index in [2.05, 4.69) is 13.8 Å². The van der Waals surface area contributed by atoms with Crippen LogP contribution in [0.2, 0.25) is 0 Å². The number of sulfonamides is 1. The summed E-state index contributed by atoms with van der Waals surface area (Å²) in [7, 11) is -3.22. The van der Waals surface area contributed by atoms with Crippen molar-refractivity contribution in [2.75, 3.05) is 12.3 Å². The van der Waals surface area contributed by atoms with Gasteiger partial charge in [0.05, 0.1) is 11.9 Å². The van der Waals surface area contributed by atoms with Crippen LogP contribution < -0.4 is 0 Å². The first kappa shape index (κ1) is 25.1. The molecule has 4 nitrogen and oxygen atoms in total. The van der Waals surface area contributed by atoms with E-state index in [1.54, 1.807) is 4.31 Å². The number of nitrogens with zero attached hydrogens (tertiary/aromatic N) is 1. The zero-order valence-electron chi connectivity index (χ0n) is 18.2. The van der Waals surface area contributed by atoms with Gasteiger partial charge in [0.1, 0.15) is 0 Å². The molecule has 28 heavy (non-hydrogen) atoms. The van der Waals surface area contributed by atoms with Crippen molar-refractivity contribution < 1.29 is 13.5 Å². The van der Waals surface area contributed by atoms with E-state index >= 15 is 0 Å². The highest BCUT2D eigenvalue weighted by molar-refractivity contribution is 7.89. The maximum atomic E-state index is 12.7. The summed E-state index contributed by atoms with van der Waals surface area (Å²) in [6.45, 7) is 7.26. The molecule has 0 bridgehead atoms. The second-order valence-corrected chi connectivity index (χ2v) is 9.91. The Morgan fingerprint density at radius 3 is 2.07 bits per heavy atom. The molecule has 1 unspecified atom stereocenters. The molecule has 1 aromatic rings. The molecule has 1 aromatic carbocycles. The van der Waals surface area contributed by atoms with Crippen LogP contribution in [0.5, 0.6) is 0 Å². The quantitative estimate of drug-likeness (QED) is 0.349. The Labute approximate surface area is 173 Å². The predicted octanol–water partition coefficient (Wildman–Crippen LogP) is 5.81. The zero-order valence-corrected chi connectivity index (χ0v) is 19.0. The Bertz CT molecular complexity index is 613. The molecule has 1 rings (SSSR count). The van der Waals surface area contributed by atoms with Crippen LogP contribution in [0, 0.1) is 0 Å². The van der Waals surface area contributed by atoms with E-state index in [-0.39, 0.29) is 5.75 Å². The van der Waals surface area contributed by atoms with Gasteiger partial charge in [-0.05, 0) is 30.4 Å². The van der Waals surface area contributed by atoms with E-state index in [1.165, 1.54) is 19.3 Å². The number of hydrogen-bond donors (Lipinski definition) is 1. The van der Waals surface area contributed by atoms with Crippen LogP contribution in [-0.2, 0) is 16.6 Å². The molecule has 0 amide bonds. The second kappa shape index (κ2) is 14.1. The number of unbranched alkanes of at least 4 members (excludes halogenated alkanes) is 6. The fourth-order valence-corrected chi connectivity index (χ4v) is 4.93. The largest absolute Gasteiger partial charge is 0.388 e. The van der Waals surface area contributed by atoms with E-state index in [9.17, 15) is 13.5 Å². The topological polar surface area (TPSA) is 57.6 Å². The van der Waals surface area contributed by atoms with Gasteiger partial charge in [0.15, 0.2) is 0 Å². The second-order valence-electron chi connectivity index (χ2n) is 7.82. The van der Waals surface area contributed by atoms with Gasteiger partial charge in [-0.15, -0.1) is 0 Å². The first-order valence-electron chi connectivity index (χ1n) is 11.2. The van der Waals surface area contributed by atoms with Gasteiger partial charge in [-0.1, -0.05) is 90.0 Å². The highest BCUT2D eigenvalue weighted by Gasteiger charge is 2.21. The molecule has 0 spiro atoms. The van der Waals surface area contributed by atoms with Gasteiger partial charge in [-0.25, -0.2) is 8.42 Å². The van der Waals surface area contributed by atoms with Gasteiger partial charge in [-0.2, -0.15) is 4.31 Å². The average Bonchev–Trinajstić information content (AvgIpc) is 2.67. The van der Waals surface area contributed by atoms with Crippen molar-refractivity contribution in [2.45, 2.75) is 97.6 Å². The van der Waals surface area contributed by atoms with Crippen LogP contribution in [0.1, 0.15) is 102 Å². The van der Waals surface area contributed by atoms with Gasteiger partial charge < -0.3 is 5.11 Å². The van der Waals surface area contributed by atoms with Gasteiger partial charge in [0.2, 0.25) is 10.0 Å². The fraction of sp³-hybridized carbons (Fsp3) is 0.739. The minimum atomic E-state index is -3.22. The van der Waals surface area contributed by atoms with Crippen LogP contribution in [-0.4, -0.2) is 30.1 Å². The molecule has 0 heterocycles. The molecule has 0 fully saturated rings. The van der Waals surface area contributed by atoms with Crippen LogP contribution in [0.4, 0.5) is 0 Å². The summed E-state index contributed by atoms with van der Waals surface area (Å²) in [5.41, 5.74) is 1.90. The first-order valence-corrected chi connectivity index (χ1v) is 12.8. The van der Waals surface area contributed by atoms with E-state index in [0.29, 0.717) is 19.5 Å². The summed E-state index contributed by atoms with van der Waals surface area (Å²) >= 11 is 0. The Balaban J connectivity index is 2.70. The number of aliphatic hydroxyl groups excluding tert-OH is 1.